The number of carbonyl (C=O) groups excluding carboxylic acids is 1. The Kier molecular flexibility index (Phi) is 8.53. The molecule has 2 aromatic rings. The van der Waals surface area contributed by atoms with Crippen LogP contribution in [0.4, 0.5) is 11.5 Å². The predicted molar refractivity (Wildman–Crippen MR) is 120 cm³/mol. The van der Waals surface area contributed by atoms with Gasteiger partial charge in [0.15, 0.2) is 5.69 Å². The van der Waals surface area contributed by atoms with Crippen molar-refractivity contribution in [1.82, 2.24) is 9.55 Å². The number of H-pyrrole nitrogens is 1. The average molecular weight is 437 g/mol. The number of aryl methyl sites for hydroxylation is 1. The van der Waals surface area contributed by atoms with Gasteiger partial charge in [-0.1, -0.05) is 24.9 Å². The number of aromatic nitrogens is 2. The molecule has 1 aromatic heterocycles. The standard InChI is InChI=1S/C21H29ClN4O4/c1-4-6-11-26-19(23)18(20(28)24-21(26)29)25(5-2)17(27)8-7-12-30-15-9-10-16(22)14(3)13-15/h9-10,13H,4-8,11-12,23H2,1-3H3,(H,24,28,29). The van der Waals surface area contributed by atoms with Gasteiger partial charge in [-0.15, -0.1) is 0 Å². The fourth-order valence-corrected chi connectivity index (χ4v) is 3.21. The summed E-state index contributed by atoms with van der Waals surface area (Å²) in [5, 5.41) is 0.666. The van der Waals surface area contributed by atoms with Crippen LogP contribution in [0.1, 0.15) is 45.1 Å². The Balaban J connectivity index is 2.07. The molecule has 2 rings (SSSR count). The molecule has 0 radical (unpaired) electrons. The Morgan fingerprint density at radius 3 is 2.63 bits per heavy atom. The van der Waals surface area contributed by atoms with Crippen molar-refractivity contribution in [3.05, 3.63) is 49.6 Å². The van der Waals surface area contributed by atoms with Gasteiger partial charge in [0.1, 0.15) is 11.6 Å². The van der Waals surface area contributed by atoms with E-state index in [0.717, 1.165) is 18.4 Å². The van der Waals surface area contributed by atoms with E-state index in [-0.39, 0.29) is 30.4 Å². The van der Waals surface area contributed by atoms with Crippen molar-refractivity contribution >= 4 is 29.0 Å². The number of nitrogens with two attached hydrogens (primary N) is 1. The highest BCUT2D eigenvalue weighted by molar-refractivity contribution is 6.31. The van der Waals surface area contributed by atoms with Crippen molar-refractivity contribution in [2.24, 2.45) is 0 Å². The van der Waals surface area contributed by atoms with Crippen molar-refractivity contribution in [3.8, 4) is 5.75 Å². The van der Waals surface area contributed by atoms with Crippen molar-refractivity contribution < 1.29 is 9.53 Å². The topological polar surface area (TPSA) is 110 Å². The molecule has 1 amide bonds. The number of carbonyl (C=O) groups is 1. The molecule has 0 fully saturated rings. The molecule has 164 valence electrons. The summed E-state index contributed by atoms with van der Waals surface area (Å²) in [6.45, 7) is 6.61. The Morgan fingerprint density at radius 2 is 2.00 bits per heavy atom. The van der Waals surface area contributed by atoms with Crippen LogP contribution in [0.15, 0.2) is 27.8 Å². The first kappa shape index (κ1) is 23.5. The number of rotatable bonds is 10. The van der Waals surface area contributed by atoms with Crippen molar-refractivity contribution in [3.63, 3.8) is 0 Å². The molecule has 1 heterocycles. The van der Waals surface area contributed by atoms with Crippen LogP contribution in [-0.2, 0) is 11.3 Å². The van der Waals surface area contributed by atoms with E-state index in [1.807, 2.05) is 19.9 Å². The molecule has 0 saturated heterocycles. The summed E-state index contributed by atoms with van der Waals surface area (Å²) < 4.78 is 6.98. The molecule has 0 atom stereocenters. The summed E-state index contributed by atoms with van der Waals surface area (Å²) in [7, 11) is 0. The number of benzene rings is 1. The van der Waals surface area contributed by atoms with Gasteiger partial charge >= 0.3 is 5.69 Å². The van der Waals surface area contributed by atoms with Crippen LogP contribution < -0.4 is 26.6 Å². The highest BCUT2D eigenvalue weighted by atomic mass is 35.5. The fourth-order valence-electron chi connectivity index (χ4n) is 3.09. The number of amides is 1. The van der Waals surface area contributed by atoms with Gasteiger partial charge in [0.05, 0.1) is 6.61 Å². The number of hydrogen-bond acceptors (Lipinski definition) is 5. The van der Waals surface area contributed by atoms with Crippen LogP contribution in [-0.4, -0.2) is 28.6 Å². The predicted octanol–water partition coefficient (Wildman–Crippen LogP) is 3.09. The SMILES string of the molecule is CCCCn1c(N)c(N(CC)C(=O)CCCOc2ccc(Cl)c(C)c2)c(=O)[nH]c1=O. The van der Waals surface area contributed by atoms with Crippen molar-refractivity contribution in [2.75, 3.05) is 23.8 Å². The van der Waals surface area contributed by atoms with Crippen LogP contribution in [0.25, 0.3) is 0 Å². The quantitative estimate of drug-likeness (QED) is 0.556. The van der Waals surface area contributed by atoms with Crippen LogP contribution in [0.3, 0.4) is 0 Å². The van der Waals surface area contributed by atoms with Gasteiger partial charge in [-0.3, -0.25) is 19.1 Å². The second-order valence-corrected chi connectivity index (χ2v) is 7.41. The first-order valence-electron chi connectivity index (χ1n) is 10.1. The first-order chi connectivity index (χ1) is 14.3. The Bertz CT molecular complexity index is 999. The maximum Gasteiger partial charge on any atom is 0.330 e. The highest BCUT2D eigenvalue weighted by Crippen LogP contribution is 2.22. The summed E-state index contributed by atoms with van der Waals surface area (Å²) in [5.74, 6) is 0.437. The molecule has 0 aliphatic carbocycles. The molecule has 30 heavy (non-hydrogen) atoms. The summed E-state index contributed by atoms with van der Waals surface area (Å²) >= 11 is 6.00. The average Bonchev–Trinajstić information content (AvgIpc) is 2.70. The number of ether oxygens (including phenoxy) is 1. The van der Waals surface area contributed by atoms with Crippen LogP contribution in [0.5, 0.6) is 5.75 Å². The van der Waals surface area contributed by atoms with E-state index in [1.165, 1.54) is 9.47 Å². The van der Waals surface area contributed by atoms with Gasteiger partial charge in [-0.05, 0) is 50.5 Å². The number of aromatic amines is 1. The molecule has 0 bridgehead atoms. The second-order valence-electron chi connectivity index (χ2n) is 7.00. The number of halogens is 1. The lowest BCUT2D eigenvalue weighted by molar-refractivity contribution is -0.118. The molecule has 0 spiro atoms. The van der Waals surface area contributed by atoms with E-state index in [4.69, 9.17) is 22.1 Å². The monoisotopic (exact) mass is 436 g/mol. The number of anilines is 2. The maximum absolute atomic E-state index is 12.8. The third-order valence-electron chi connectivity index (χ3n) is 4.77. The first-order valence-corrected chi connectivity index (χ1v) is 10.5. The van der Waals surface area contributed by atoms with Gasteiger partial charge in [0.2, 0.25) is 5.91 Å². The van der Waals surface area contributed by atoms with E-state index in [0.29, 0.717) is 30.3 Å². The Labute approximate surface area is 180 Å². The number of nitrogens with one attached hydrogen (secondary N) is 1. The summed E-state index contributed by atoms with van der Waals surface area (Å²) in [6, 6.07) is 5.37. The molecule has 0 aliphatic heterocycles. The minimum atomic E-state index is -0.659. The van der Waals surface area contributed by atoms with Crippen LogP contribution in [0.2, 0.25) is 5.02 Å². The molecule has 8 nitrogen and oxygen atoms in total. The molecular weight excluding hydrogens is 408 g/mol. The number of nitrogen functional groups attached to an aromatic ring is 1. The zero-order valence-electron chi connectivity index (χ0n) is 17.7. The van der Waals surface area contributed by atoms with E-state index >= 15 is 0 Å². The normalized spacial score (nSPS) is 10.8. The van der Waals surface area contributed by atoms with Crippen LogP contribution in [0, 0.1) is 6.92 Å². The van der Waals surface area contributed by atoms with Crippen LogP contribution >= 0.6 is 11.6 Å². The Morgan fingerprint density at radius 1 is 1.27 bits per heavy atom. The molecule has 0 unspecified atom stereocenters. The highest BCUT2D eigenvalue weighted by Gasteiger charge is 2.22. The minimum Gasteiger partial charge on any atom is -0.494 e. The van der Waals surface area contributed by atoms with Gasteiger partial charge in [-0.25, -0.2) is 4.79 Å². The number of nitrogens with zero attached hydrogens (tertiary/aromatic N) is 2. The lowest BCUT2D eigenvalue weighted by atomic mass is 10.2. The molecule has 0 saturated carbocycles. The zero-order chi connectivity index (χ0) is 22.3. The van der Waals surface area contributed by atoms with Gasteiger partial charge in [0.25, 0.3) is 5.56 Å². The maximum atomic E-state index is 12.8. The lowest BCUT2D eigenvalue weighted by Crippen LogP contribution is -2.41. The van der Waals surface area contributed by atoms with E-state index in [2.05, 4.69) is 4.98 Å². The van der Waals surface area contributed by atoms with E-state index in [1.54, 1.807) is 19.1 Å². The summed E-state index contributed by atoms with van der Waals surface area (Å²) in [4.78, 5) is 40.8. The fraction of sp³-hybridized carbons (Fsp3) is 0.476. The number of unbranched alkanes of at least 4 members (excludes halogenated alkanes) is 1. The smallest absolute Gasteiger partial charge is 0.330 e. The second kappa shape index (κ2) is 10.9. The number of hydrogen-bond donors (Lipinski definition) is 2. The summed E-state index contributed by atoms with van der Waals surface area (Å²) in [6.07, 6.45) is 2.23. The van der Waals surface area contributed by atoms with Gasteiger partial charge in [-0.2, -0.15) is 0 Å². The molecule has 0 aliphatic rings. The molecule has 3 N–H and O–H groups in total. The third kappa shape index (κ3) is 5.66. The summed E-state index contributed by atoms with van der Waals surface area (Å²) in [5.41, 5.74) is 5.82. The van der Waals surface area contributed by atoms with E-state index in [9.17, 15) is 14.4 Å². The van der Waals surface area contributed by atoms with Gasteiger partial charge < -0.3 is 15.4 Å². The Hall–Kier alpha value is -2.74. The third-order valence-corrected chi connectivity index (χ3v) is 5.19. The molecule has 1 aromatic carbocycles. The van der Waals surface area contributed by atoms with Crippen molar-refractivity contribution in [2.45, 2.75) is 53.0 Å². The molecule has 9 heteroatoms. The van der Waals surface area contributed by atoms with Gasteiger partial charge in [0, 0.05) is 24.5 Å². The molecular formula is C21H29ClN4O4. The van der Waals surface area contributed by atoms with Crippen molar-refractivity contribution in [1.29, 1.82) is 0 Å². The van der Waals surface area contributed by atoms with E-state index < -0.39 is 11.2 Å². The largest absolute Gasteiger partial charge is 0.494 e. The zero-order valence-corrected chi connectivity index (χ0v) is 18.4. The minimum absolute atomic E-state index is 0.0142. The lowest BCUT2D eigenvalue weighted by Gasteiger charge is -2.23.